The van der Waals surface area contributed by atoms with Gasteiger partial charge in [0.1, 0.15) is 5.75 Å². The van der Waals surface area contributed by atoms with Crippen molar-refractivity contribution in [3.05, 3.63) is 23.0 Å². The molecular formula is C17H24N2OS. The lowest BCUT2D eigenvalue weighted by molar-refractivity contribution is 0.245. The lowest BCUT2D eigenvalue weighted by atomic mass is 9.83. The number of rotatable bonds is 4. The maximum absolute atomic E-state index is 5.61. The maximum atomic E-state index is 5.61. The molecule has 1 N–H and O–H groups in total. The van der Waals surface area contributed by atoms with Crippen LogP contribution in [0, 0.1) is 10.7 Å². The van der Waals surface area contributed by atoms with Gasteiger partial charge in [0.15, 0.2) is 4.77 Å². The van der Waals surface area contributed by atoms with Gasteiger partial charge in [0.05, 0.1) is 18.1 Å². The van der Waals surface area contributed by atoms with Gasteiger partial charge in [-0.05, 0) is 49.5 Å². The normalized spacial score (nSPS) is 18.0. The molecular weight excluding hydrogens is 280 g/mol. The quantitative estimate of drug-likeness (QED) is 0.783. The molecule has 0 aliphatic heterocycles. The fourth-order valence-electron chi connectivity index (χ4n) is 3.80. The molecule has 0 bridgehead atoms. The molecule has 21 heavy (non-hydrogen) atoms. The van der Waals surface area contributed by atoms with Gasteiger partial charge in [-0.3, -0.25) is 0 Å². The third-order valence-corrected chi connectivity index (χ3v) is 5.17. The summed E-state index contributed by atoms with van der Waals surface area (Å²) >= 11 is 5.61. The van der Waals surface area contributed by atoms with Gasteiger partial charge in [0, 0.05) is 12.1 Å². The van der Waals surface area contributed by atoms with E-state index in [0.29, 0.717) is 6.04 Å². The maximum Gasteiger partial charge on any atom is 0.178 e. The van der Waals surface area contributed by atoms with Crippen LogP contribution in [0.1, 0.15) is 51.5 Å². The first-order valence-electron chi connectivity index (χ1n) is 8.03. The lowest BCUT2D eigenvalue weighted by Crippen LogP contribution is -2.21. The summed E-state index contributed by atoms with van der Waals surface area (Å²) in [5.41, 5.74) is 2.28. The lowest BCUT2D eigenvalue weighted by Gasteiger charge is -2.31. The van der Waals surface area contributed by atoms with Gasteiger partial charge in [-0.25, -0.2) is 0 Å². The van der Waals surface area contributed by atoms with E-state index < -0.39 is 0 Å². The second kappa shape index (κ2) is 6.22. The Morgan fingerprint density at radius 2 is 2.10 bits per heavy atom. The molecule has 1 atom stereocenters. The van der Waals surface area contributed by atoms with E-state index in [1.54, 1.807) is 7.11 Å². The summed E-state index contributed by atoms with van der Waals surface area (Å²) in [5, 5.41) is 0. The predicted molar refractivity (Wildman–Crippen MR) is 89.6 cm³/mol. The van der Waals surface area contributed by atoms with E-state index in [1.807, 2.05) is 6.07 Å². The Hall–Kier alpha value is -1.29. The largest absolute Gasteiger partial charge is 0.497 e. The van der Waals surface area contributed by atoms with Crippen LogP contribution in [0.3, 0.4) is 0 Å². The van der Waals surface area contributed by atoms with Crippen LogP contribution in [0.5, 0.6) is 5.75 Å². The number of hydrogen-bond acceptors (Lipinski definition) is 2. The van der Waals surface area contributed by atoms with Crippen molar-refractivity contribution in [3.63, 3.8) is 0 Å². The molecule has 1 fully saturated rings. The third-order valence-electron chi connectivity index (χ3n) is 4.87. The number of aromatic nitrogens is 2. The molecule has 114 valence electrons. The van der Waals surface area contributed by atoms with Crippen molar-refractivity contribution in [3.8, 4) is 5.75 Å². The minimum absolute atomic E-state index is 0.499. The van der Waals surface area contributed by atoms with Crippen molar-refractivity contribution in [2.24, 2.45) is 5.92 Å². The van der Waals surface area contributed by atoms with Gasteiger partial charge in [0.2, 0.25) is 0 Å². The van der Waals surface area contributed by atoms with Crippen molar-refractivity contribution < 1.29 is 4.74 Å². The van der Waals surface area contributed by atoms with Crippen LogP contribution in [-0.4, -0.2) is 16.7 Å². The molecule has 1 saturated carbocycles. The molecule has 4 heteroatoms. The smallest absolute Gasteiger partial charge is 0.178 e. The summed E-state index contributed by atoms with van der Waals surface area (Å²) in [4.78, 5) is 3.35. The first-order valence-corrected chi connectivity index (χ1v) is 8.43. The van der Waals surface area contributed by atoms with Crippen molar-refractivity contribution in [1.82, 2.24) is 9.55 Å². The molecule has 0 radical (unpaired) electrons. The molecule has 0 saturated heterocycles. The average molecular weight is 304 g/mol. The van der Waals surface area contributed by atoms with Gasteiger partial charge in [0.25, 0.3) is 0 Å². The molecule has 3 rings (SSSR count). The SMILES string of the molecule is CCC(C1CCCCC1)n1c(=S)[nH]c2ccc(OC)cc21. The highest BCUT2D eigenvalue weighted by Gasteiger charge is 2.25. The summed E-state index contributed by atoms with van der Waals surface area (Å²) < 4.78 is 8.56. The Morgan fingerprint density at radius 1 is 1.33 bits per heavy atom. The highest BCUT2D eigenvalue weighted by Crippen LogP contribution is 2.37. The van der Waals surface area contributed by atoms with Gasteiger partial charge in [-0.2, -0.15) is 0 Å². The van der Waals surface area contributed by atoms with E-state index in [9.17, 15) is 0 Å². The van der Waals surface area contributed by atoms with E-state index in [4.69, 9.17) is 17.0 Å². The van der Waals surface area contributed by atoms with Crippen LogP contribution in [-0.2, 0) is 0 Å². The second-order valence-electron chi connectivity index (χ2n) is 6.06. The monoisotopic (exact) mass is 304 g/mol. The number of methoxy groups -OCH3 is 1. The Kier molecular flexibility index (Phi) is 4.34. The zero-order valence-corrected chi connectivity index (χ0v) is 13.7. The molecule has 3 nitrogen and oxygen atoms in total. The Labute approximate surface area is 131 Å². The number of H-pyrrole nitrogens is 1. The van der Waals surface area contributed by atoms with Crippen LogP contribution in [0.25, 0.3) is 11.0 Å². The minimum Gasteiger partial charge on any atom is -0.497 e. The van der Waals surface area contributed by atoms with Crippen molar-refractivity contribution in [2.45, 2.75) is 51.5 Å². The molecule has 1 heterocycles. The summed E-state index contributed by atoms with van der Waals surface area (Å²) in [5.74, 6) is 1.64. The molecule has 1 aliphatic rings. The summed E-state index contributed by atoms with van der Waals surface area (Å²) in [6.45, 7) is 2.28. The second-order valence-corrected chi connectivity index (χ2v) is 6.44. The number of nitrogens with zero attached hydrogens (tertiary/aromatic N) is 1. The van der Waals surface area contributed by atoms with E-state index in [-0.39, 0.29) is 0 Å². The number of aromatic amines is 1. The third kappa shape index (κ3) is 2.73. The zero-order valence-electron chi connectivity index (χ0n) is 12.9. The first-order chi connectivity index (χ1) is 10.2. The number of imidazole rings is 1. The Bertz CT molecular complexity index is 667. The summed E-state index contributed by atoms with van der Waals surface area (Å²) in [6, 6.07) is 6.65. The topological polar surface area (TPSA) is 29.9 Å². The van der Waals surface area contributed by atoms with Crippen LogP contribution >= 0.6 is 12.2 Å². The molecule has 1 aromatic carbocycles. The Balaban J connectivity index is 2.07. The average Bonchev–Trinajstić information content (AvgIpc) is 2.85. The van der Waals surface area contributed by atoms with Crippen LogP contribution in [0.4, 0.5) is 0 Å². The number of nitrogens with one attached hydrogen (secondary N) is 1. The van der Waals surface area contributed by atoms with Crippen LogP contribution < -0.4 is 4.74 Å². The molecule has 0 spiro atoms. The van der Waals surface area contributed by atoms with Crippen molar-refractivity contribution in [2.75, 3.05) is 7.11 Å². The molecule has 1 aliphatic carbocycles. The number of hydrogen-bond donors (Lipinski definition) is 1. The highest BCUT2D eigenvalue weighted by molar-refractivity contribution is 7.71. The minimum atomic E-state index is 0.499. The van der Waals surface area contributed by atoms with Crippen molar-refractivity contribution in [1.29, 1.82) is 0 Å². The summed E-state index contributed by atoms with van der Waals surface area (Å²) in [7, 11) is 1.71. The highest BCUT2D eigenvalue weighted by atomic mass is 32.1. The molecule has 2 aromatic rings. The van der Waals surface area contributed by atoms with Gasteiger partial charge >= 0.3 is 0 Å². The summed E-state index contributed by atoms with van der Waals surface area (Å²) in [6.07, 6.45) is 7.90. The van der Waals surface area contributed by atoms with Gasteiger partial charge in [-0.15, -0.1) is 0 Å². The molecule has 1 aromatic heterocycles. The van der Waals surface area contributed by atoms with Gasteiger partial charge in [-0.1, -0.05) is 26.2 Å². The van der Waals surface area contributed by atoms with Crippen molar-refractivity contribution >= 4 is 23.3 Å². The fourth-order valence-corrected chi connectivity index (χ4v) is 4.15. The number of fused-ring (bicyclic) bond motifs is 1. The van der Waals surface area contributed by atoms with Crippen LogP contribution in [0.15, 0.2) is 18.2 Å². The van der Waals surface area contributed by atoms with E-state index in [2.05, 4.69) is 28.6 Å². The van der Waals surface area contributed by atoms with E-state index in [0.717, 1.165) is 28.4 Å². The molecule has 1 unspecified atom stereocenters. The molecule has 0 amide bonds. The predicted octanol–water partition coefficient (Wildman–Crippen LogP) is 5.24. The van der Waals surface area contributed by atoms with E-state index >= 15 is 0 Å². The fraction of sp³-hybridized carbons (Fsp3) is 0.588. The van der Waals surface area contributed by atoms with E-state index in [1.165, 1.54) is 37.6 Å². The number of ether oxygens (including phenoxy) is 1. The zero-order chi connectivity index (χ0) is 14.8. The number of benzene rings is 1. The standard InChI is InChI=1S/C17H24N2OS/c1-3-15(12-7-5-4-6-8-12)19-16-11-13(20-2)9-10-14(16)18-17(19)21/h9-12,15H,3-8H2,1-2H3,(H,18,21). The van der Waals surface area contributed by atoms with Crippen LogP contribution in [0.2, 0.25) is 0 Å². The Morgan fingerprint density at radius 3 is 2.76 bits per heavy atom. The first kappa shape index (κ1) is 14.6. The van der Waals surface area contributed by atoms with Gasteiger partial charge < -0.3 is 14.3 Å².